The lowest BCUT2D eigenvalue weighted by molar-refractivity contribution is -0.119. The van der Waals surface area contributed by atoms with E-state index in [4.69, 9.17) is 5.73 Å². The molecule has 4 nitrogen and oxygen atoms in total. The molecule has 1 saturated heterocycles. The van der Waals surface area contributed by atoms with Crippen molar-refractivity contribution >= 4 is 16.7 Å². The molecule has 3 N–H and O–H groups in total. The minimum absolute atomic E-state index is 0.0143. The maximum atomic E-state index is 11.2. The van der Waals surface area contributed by atoms with Gasteiger partial charge in [0.15, 0.2) is 0 Å². The third-order valence-corrected chi connectivity index (χ3v) is 4.18. The Morgan fingerprint density at radius 1 is 1.50 bits per heavy atom. The molecule has 1 heterocycles. The van der Waals surface area contributed by atoms with Crippen molar-refractivity contribution < 1.29 is 9.00 Å². The van der Waals surface area contributed by atoms with Crippen LogP contribution < -0.4 is 11.1 Å². The van der Waals surface area contributed by atoms with E-state index in [1.54, 1.807) is 0 Å². The highest BCUT2D eigenvalue weighted by molar-refractivity contribution is 7.85. The van der Waals surface area contributed by atoms with Crippen LogP contribution in [0.2, 0.25) is 0 Å². The van der Waals surface area contributed by atoms with Crippen molar-refractivity contribution in [3.8, 4) is 0 Å². The van der Waals surface area contributed by atoms with E-state index >= 15 is 0 Å². The molecular formula is C9H18N2O2S. The lowest BCUT2D eigenvalue weighted by Gasteiger charge is -2.35. The van der Waals surface area contributed by atoms with E-state index in [2.05, 4.69) is 5.32 Å². The summed E-state index contributed by atoms with van der Waals surface area (Å²) >= 11 is 0. The third kappa shape index (κ3) is 3.06. The Labute approximate surface area is 87.1 Å². The minimum atomic E-state index is -0.671. The van der Waals surface area contributed by atoms with Crippen LogP contribution in [-0.4, -0.2) is 34.7 Å². The maximum absolute atomic E-state index is 11.2. The van der Waals surface area contributed by atoms with Gasteiger partial charge in [-0.1, -0.05) is 0 Å². The van der Waals surface area contributed by atoms with Crippen molar-refractivity contribution in [2.45, 2.75) is 19.8 Å². The predicted octanol–water partition coefficient (Wildman–Crippen LogP) is -0.390. The quantitative estimate of drug-likeness (QED) is 0.677. The van der Waals surface area contributed by atoms with Crippen molar-refractivity contribution in [1.82, 2.24) is 5.32 Å². The van der Waals surface area contributed by atoms with E-state index in [1.807, 2.05) is 0 Å². The first-order chi connectivity index (χ1) is 6.58. The number of nitrogens with two attached hydrogens (primary N) is 1. The van der Waals surface area contributed by atoms with E-state index in [0.29, 0.717) is 13.1 Å². The van der Waals surface area contributed by atoms with Crippen LogP contribution in [0.25, 0.3) is 0 Å². The lowest BCUT2D eigenvalue weighted by Crippen LogP contribution is -2.45. The molecule has 0 atom stereocenters. The lowest BCUT2D eigenvalue weighted by atomic mass is 9.82. The average molecular weight is 218 g/mol. The fraction of sp³-hybridized carbons (Fsp3) is 0.889. The smallest absolute Gasteiger partial charge is 0.216 e. The molecule has 1 aliphatic heterocycles. The number of nitrogens with one attached hydrogen (secondary N) is 1. The molecule has 0 radical (unpaired) electrons. The van der Waals surface area contributed by atoms with Crippen LogP contribution in [0.4, 0.5) is 0 Å². The molecule has 0 aliphatic carbocycles. The summed E-state index contributed by atoms with van der Waals surface area (Å²) in [5.41, 5.74) is 5.71. The molecule has 1 amide bonds. The second-order valence-corrected chi connectivity index (χ2v) is 5.66. The number of rotatable bonds is 3. The molecule has 1 aliphatic rings. The molecule has 14 heavy (non-hydrogen) atoms. The summed E-state index contributed by atoms with van der Waals surface area (Å²) in [4.78, 5) is 10.8. The molecule has 1 rings (SSSR count). The third-order valence-electron chi connectivity index (χ3n) is 2.87. The van der Waals surface area contributed by atoms with Crippen LogP contribution in [0.3, 0.4) is 0 Å². The van der Waals surface area contributed by atoms with Gasteiger partial charge in [0, 0.05) is 41.2 Å². The van der Waals surface area contributed by atoms with Crippen molar-refractivity contribution in [3.05, 3.63) is 0 Å². The Morgan fingerprint density at radius 2 is 2.07 bits per heavy atom. The Kier molecular flexibility index (Phi) is 4.07. The van der Waals surface area contributed by atoms with Gasteiger partial charge in [0.25, 0.3) is 0 Å². The first kappa shape index (κ1) is 11.7. The standard InChI is InChI=1S/C9H18N2O2S/c1-8(12)11-7-9(6-10)2-4-14(13)5-3-9/h2-7,10H2,1H3,(H,11,12). The summed E-state index contributed by atoms with van der Waals surface area (Å²) in [5.74, 6) is 1.41. The van der Waals surface area contributed by atoms with E-state index in [-0.39, 0.29) is 11.3 Å². The molecule has 0 aromatic carbocycles. The molecule has 0 saturated carbocycles. The summed E-state index contributed by atoms with van der Waals surface area (Å²) < 4.78 is 11.2. The molecule has 0 aromatic rings. The summed E-state index contributed by atoms with van der Waals surface area (Å²) in [6.07, 6.45) is 1.72. The van der Waals surface area contributed by atoms with Crippen molar-refractivity contribution in [2.24, 2.45) is 11.1 Å². The molecule has 82 valence electrons. The Hall–Kier alpha value is -0.420. The van der Waals surface area contributed by atoms with Gasteiger partial charge in [0.1, 0.15) is 0 Å². The van der Waals surface area contributed by atoms with Crippen LogP contribution in [0, 0.1) is 5.41 Å². The van der Waals surface area contributed by atoms with E-state index in [1.165, 1.54) is 6.92 Å². The van der Waals surface area contributed by atoms with Gasteiger partial charge in [-0.3, -0.25) is 9.00 Å². The summed E-state index contributed by atoms with van der Waals surface area (Å²) in [5, 5.41) is 2.80. The number of carbonyl (C=O) groups excluding carboxylic acids is 1. The fourth-order valence-electron chi connectivity index (χ4n) is 1.65. The van der Waals surface area contributed by atoms with Gasteiger partial charge < -0.3 is 11.1 Å². The summed E-state index contributed by atoms with van der Waals surface area (Å²) in [6.45, 7) is 2.69. The largest absolute Gasteiger partial charge is 0.356 e. The second-order valence-electron chi connectivity index (χ2n) is 3.96. The molecule has 0 spiro atoms. The number of hydrogen-bond acceptors (Lipinski definition) is 3. The number of carbonyl (C=O) groups is 1. The monoisotopic (exact) mass is 218 g/mol. The average Bonchev–Trinajstić information content (AvgIpc) is 2.18. The van der Waals surface area contributed by atoms with Crippen LogP contribution in [0.1, 0.15) is 19.8 Å². The van der Waals surface area contributed by atoms with Gasteiger partial charge in [-0.15, -0.1) is 0 Å². The number of amides is 1. The van der Waals surface area contributed by atoms with Gasteiger partial charge in [-0.2, -0.15) is 0 Å². The van der Waals surface area contributed by atoms with Gasteiger partial charge in [0.05, 0.1) is 0 Å². The Bertz CT molecular complexity index is 233. The molecule has 0 bridgehead atoms. The zero-order valence-electron chi connectivity index (χ0n) is 8.54. The SMILES string of the molecule is CC(=O)NCC1(CN)CCS(=O)CC1. The van der Waals surface area contributed by atoms with Gasteiger partial charge in [-0.25, -0.2) is 0 Å². The predicted molar refractivity (Wildman–Crippen MR) is 57.3 cm³/mol. The zero-order chi connectivity index (χ0) is 10.6. The minimum Gasteiger partial charge on any atom is -0.356 e. The highest BCUT2D eigenvalue weighted by Gasteiger charge is 2.33. The molecular weight excluding hydrogens is 200 g/mol. The fourth-order valence-corrected chi connectivity index (χ4v) is 3.18. The zero-order valence-corrected chi connectivity index (χ0v) is 9.36. The van der Waals surface area contributed by atoms with Crippen LogP contribution in [0.5, 0.6) is 0 Å². The summed E-state index contributed by atoms with van der Waals surface area (Å²) in [6, 6.07) is 0. The van der Waals surface area contributed by atoms with Gasteiger partial charge in [0.2, 0.25) is 5.91 Å². The normalized spacial score (nSPS) is 32.6. The number of hydrogen-bond donors (Lipinski definition) is 2. The molecule has 1 fully saturated rings. The van der Waals surface area contributed by atoms with Crippen molar-refractivity contribution in [1.29, 1.82) is 0 Å². The Balaban J connectivity index is 2.49. The van der Waals surface area contributed by atoms with Gasteiger partial charge >= 0.3 is 0 Å². The van der Waals surface area contributed by atoms with E-state index in [0.717, 1.165) is 24.3 Å². The summed E-state index contributed by atoms with van der Waals surface area (Å²) in [7, 11) is -0.671. The first-order valence-corrected chi connectivity index (χ1v) is 6.36. The van der Waals surface area contributed by atoms with Crippen LogP contribution in [-0.2, 0) is 15.6 Å². The maximum Gasteiger partial charge on any atom is 0.216 e. The highest BCUT2D eigenvalue weighted by Crippen LogP contribution is 2.29. The van der Waals surface area contributed by atoms with E-state index in [9.17, 15) is 9.00 Å². The van der Waals surface area contributed by atoms with Gasteiger partial charge in [-0.05, 0) is 19.4 Å². The van der Waals surface area contributed by atoms with Crippen molar-refractivity contribution in [2.75, 3.05) is 24.6 Å². The molecule has 0 unspecified atom stereocenters. The van der Waals surface area contributed by atoms with Crippen molar-refractivity contribution in [3.63, 3.8) is 0 Å². The molecule has 0 aromatic heterocycles. The second kappa shape index (κ2) is 4.89. The topological polar surface area (TPSA) is 72.2 Å². The Morgan fingerprint density at radius 3 is 2.50 bits per heavy atom. The first-order valence-electron chi connectivity index (χ1n) is 4.87. The van der Waals surface area contributed by atoms with Crippen LogP contribution in [0.15, 0.2) is 0 Å². The van der Waals surface area contributed by atoms with Crippen LogP contribution >= 0.6 is 0 Å². The highest BCUT2D eigenvalue weighted by atomic mass is 32.2. The van der Waals surface area contributed by atoms with E-state index < -0.39 is 10.8 Å². The molecule has 5 heteroatoms.